The summed E-state index contributed by atoms with van der Waals surface area (Å²) in [5.74, 6) is 4.60. The number of nitrogens with one attached hydrogen (secondary N) is 1. The fourth-order valence-electron chi connectivity index (χ4n) is 4.09. The van der Waals surface area contributed by atoms with Gasteiger partial charge in [-0.2, -0.15) is 4.98 Å². The molecule has 34 heavy (non-hydrogen) atoms. The zero-order valence-electron chi connectivity index (χ0n) is 19.0. The number of benzene rings is 2. The van der Waals surface area contributed by atoms with Gasteiger partial charge < -0.3 is 14.8 Å². The van der Waals surface area contributed by atoms with E-state index in [0.29, 0.717) is 12.6 Å². The van der Waals surface area contributed by atoms with Crippen LogP contribution in [0.3, 0.4) is 0 Å². The summed E-state index contributed by atoms with van der Waals surface area (Å²) in [6.07, 6.45) is 7.86. The van der Waals surface area contributed by atoms with Crippen LogP contribution in [0.5, 0.6) is 11.5 Å². The Balaban J connectivity index is 1.25. The lowest BCUT2D eigenvalue weighted by Gasteiger charge is -2.15. The minimum Gasteiger partial charge on any atom is -0.492 e. The molecule has 1 fully saturated rings. The summed E-state index contributed by atoms with van der Waals surface area (Å²) < 4.78 is 13.2. The maximum atomic E-state index is 5.89. The minimum atomic E-state index is 0.249. The van der Waals surface area contributed by atoms with Gasteiger partial charge in [0.1, 0.15) is 24.7 Å². The topological polar surface area (TPSA) is 63.9 Å². The van der Waals surface area contributed by atoms with Crippen LogP contribution in [0.1, 0.15) is 12.8 Å². The standard InChI is InChI=1S/C27H27N5O2/c1-2-19-33-23-12-8-21(9-13-23)25-6-5-7-26-29-27(30-32(25)26)28-22-10-14-24(15-11-22)34-20-18-31-16-3-4-17-31/h1,5-15H,3-4,16-20H2,(H,28,30). The molecule has 0 bridgehead atoms. The molecule has 2 aromatic heterocycles. The number of terminal acetylenes is 1. The lowest BCUT2D eigenvalue weighted by molar-refractivity contribution is 0.238. The molecule has 3 heterocycles. The number of fused-ring (bicyclic) bond motifs is 1. The molecule has 4 aromatic rings. The second-order valence-electron chi connectivity index (χ2n) is 8.18. The van der Waals surface area contributed by atoms with Crippen molar-refractivity contribution in [3.8, 4) is 35.1 Å². The van der Waals surface area contributed by atoms with E-state index in [1.165, 1.54) is 25.9 Å². The third-order valence-corrected chi connectivity index (χ3v) is 5.82. The first kappa shape index (κ1) is 21.8. The van der Waals surface area contributed by atoms with Crippen molar-refractivity contribution in [3.05, 3.63) is 66.7 Å². The highest BCUT2D eigenvalue weighted by atomic mass is 16.5. The van der Waals surface area contributed by atoms with Crippen molar-refractivity contribution in [3.63, 3.8) is 0 Å². The monoisotopic (exact) mass is 453 g/mol. The van der Waals surface area contributed by atoms with Gasteiger partial charge in [0.05, 0.1) is 5.69 Å². The zero-order valence-corrected chi connectivity index (χ0v) is 19.0. The Morgan fingerprint density at radius 2 is 1.65 bits per heavy atom. The van der Waals surface area contributed by atoms with Crippen molar-refractivity contribution in [1.82, 2.24) is 19.5 Å². The van der Waals surface area contributed by atoms with Gasteiger partial charge in [0.15, 0.2) is 5.65 Å². The molecule has 2 aromatic carbocycles. The van der Waals surface area contributed by atoms with Crippen LogP contribution >= 0.6 is 0 Å². The van der Waals surface area contributed by atoms with Crippen LogP contribution in [-0.4, -0.2) is 52.3 Å². The van der Waals surface area contributed by atoms with Crippen LogP contribution in [0.4, 0.5) is 11.6 Å². The fourth-order valence-corrected chi connectivity index (χ4v) is 4.09. The second kappa shape index (κ2) is 10.3. The number of aromatic nitrogens is 3. The van der Waals surface area contributed by atoms with Crippen LogP contribution in [0.15, 0.2) is 66.7 Å². The molecule has 5 rings (SSSR count). The average Bonchev–Trinajstić information content (AvgIpc) is 3.53. The number of hydrogen-bond donors (Lipinski definition) is 1. The molecule has 1 N–H and O–H groups in total. The molecule has 0 radical (unpaired) electrons. The second-order valence-corrected chi connectivity index (χ2v) is 8.18. The Morgan fingerprint density at radius 1 is 0.912 bits per heavy atom. The first-order chi connectivity index (χ1) is 16.8. The summed E-state index contributed by atoms with van der Waals surface area (Å²) >= 11 is 0. The molecule has 1 saturated heterocycles. The summed E-state index contributed by atoms with van der Waals surface area (Å²) in [4.78, 5) is 7.07. The van der Waals surface area contributed by atoms with Gasteiger partial charge in [0.2, 0.25) is 5.95 Å². The summed E-state index contributed by atoms with van der Waals surface area (Å²) in [6.45, 7) is 4.31. The van der Waals surface area contributed by atoms with E-state index in [0.717, 1.165) is 40.6 Å². The molecular formula is C27H27N5O2. The van der Waals surface area contributed by atoms with Gasteiger partial charge in [0.25, 0.3) is 0 Å². The molecule has 0 amide bonds. The molecule has 0 saturated carbocycles. The van der Waals surface area contributed by atoms with E-state index in [-0.39, 0.29) is 6.61 Å². The van der Waals surface area contributed by atoms with Crippen LogP contribution < -0.4 is 14.8 Å². The van der Waals surface area contributed by atoms with Gasteiger partial charge in [-0.05, 0) is 86.6 Å². The van der Waals surface area contributed by atoms with Crippen LogP contribution in [-0.2, 0) is 0 Å². The molecule has 0 spiro atoms. The molecule has 7 nitrogen and oxygen atoms in total. The van der Waals surface area contributed by atoms with E-state index in [1.807, 2.05) is 71.2 Å². The number of rotatable bonds is 9. The molecule has 0 atom stereocenters. The number of likely N-dealkylation sites (tertiary alicyclic amines) is 1. The summed E-state index contributed by atoms with van der Waals surface area (Å²) in [5.41, 5.74) is 3.60. The van der Waals surface area contributed by atoms with Gasteiger partial charge in [-0.25, -0.2) is 4.52 Å². The number of anilines is 2. The highest BCUT2D eigenvalue weighted by Crippen LogP contribution is 2.25. The van der Waals surface area contributed by atoms with Crippen molar-refractivity contribution in [1.29, 1.82) is 0 Å². The van der Waals surface area contributed by atoms with Crippen LogP contribution in [0.2, 0.25) is 0 Å². The third kappa shape index (κ3) is 5.13. The van der Waals surface area contributed by atoms with Crippen molar-refractivity contribution in [2.24, 2.45) is 0 Å². The van der Waals surface area contributed by atoms with Gasteiger partial charge in [-0.1, -0.05) is 12.0 Å². The highest BCUT2D eigenvalue weighted by Gasteiger charge is 2.11. The summed E-state index contributed by atoms with van der Waals surface area (Å²) in [6, 6.07) is 21.6. The van der Waals surface area contributed by atoms with Crippen molar-refractivity contribution in [2.75, 3.05) is 38.2 Å². The lowest BCUT2D eigenvalue weighted by Crippen LogP contribution is -2.25. The fraction of sp³-hybridized carbons (Fsp3) is 0.259. The normalized spacial score (nSPS) is 13.6. The quantitative estimate of drug-likeness (QED) is 0.373. The van der Waals surface area contributed by atoms with E-state index in [4.69, 9.17) is 15.9 Å². The number of nitrogens with zero attached hydrogens (tertiary/aromatic N) is 4. The van der Waals surface area contributed by atoms with Gasteiger partial charge >= 0.3 is 0 Å². The van der Waals surface area contributed by atoms with Crippen molar-refractivity contribution in [2.45, 2.75) is 12.8 Å². The van der Waals surface area contributed by atoms with Gasteiger partial charge in [-0.15, -0.1) is 11.5 Å². The van der Waals surface area contributed by atoms with E-state index in [9.17, 15) is 0 Å². The first-order valence-corrected chi connectivity index (χ1v) is 11.5. The maximum absolute atomic E-state index is 5.89. The first-order valence-electron chi connectivity index (χ1n) is 11.5. The van der Waals surface area contributed by atoms with E-state index in [2.05, 4.69) is 26.2 Å². The molecule has 7 heteroatoms. The molecule has 0 aliphatic carbocycles. The molecule has 1 aliphatic heterocycles. The zero-order chi connectivity index (χ0) is 23.2. The minimum absolute atomic E-state index is 0.249. The lowest BCUT2D eigenvalue weighted by atomic mass is 10.1. The predicted octanol–water partition coefficient (Wildman–Crippen LogP) is 4.63. The Hall–Kier alpha value is -4.02. The smallest absolute Gasteiger partial charge is 0.247 e. The molecule has 0 unspecified atom stereocenters. The Kier molecular flexibility index (Phi) is 6.59. The van der Waals surface area contributed by atoms with Crippen molar-refractivity contribution < 1.29 is 9.47 Å². The number of pyridine rings is 1. The van der Waals surface area contributed by atoms with Crippen molar-refractivity contribution >= 4 is 17.3 Å². The van der Waals surface area contributed by atoms with Crippen LogP contribution in [0, 0.1) is 12.3 Å². The summed E-state index contributed by atoms with van der Waals surface area (Å²) in [5, 5.41) is 7.96. The molecule has 1 aliphatic rings. The predicted molar refractivity (Wildman–Crippen MR) is 134 cm³/mol. The van der Waals surface area contributed by atoms with Gasteiger partial charge in [-0.3, -0.25) is 4.90 Å². The SMILES string of the molecule is C#CCOc1ccc(-c2cccc3nc(Nc4ccc(OCCN5CCCC5)cc4)nn23)cc1. The van der Waals surface area contributed by atoms with Crippen LogP contribution in [0.25, 0.3) is 16.9 Å². The molecule has 172 valence electrons. The van der Waals surface area contributed by atoms with E-state index < -0.39 is 0 Å². The van der Waals surface area contributed by atoms with E-state index >= 15 is 0 Å². The number of hydrogen-bond acceptors (Lipinski definition) is 6. The Morgan fingerprint density at radius 3 is 2.41 bits per heavy atom. The summed E-state index contributed by atoms with van der Waals surface area (Å²) in [7, 11) is 0. The highest BCUT2D eigenvalue weighted by molar-refractivity contribution is 5.65. The third-order valence-electron chi connectivity index (χ3n) is 5.82. The molecular weight excluding hydrogens is 426 g/mol. The number of ether oxygens (including phenoxy) is 2. The average molecular weight is 454 g/mol. The van der Waals surface area contributed by atoms with E-state index in [1.54, 1.807) is 0 Å². The Bertz CT molecular complexity index is 1270. The van der Waals surface area contributed by atoms with Gasteiger partial charge in [0, 0.05) is 17.8 Å². The maximum Gasteiger partial charge on any atom is 0.247 e. The Labute approximate surface area is 199 Å². The largest absolute Gasteiger partial charge is 0.492 e.